The summed E-state index contributed by atoms with van der Waals surface area (Å²) in [6.07, 6.45) is 3.43. The van der Waals surface area contributed by atoms with Crippen molar-refractivity contribution in [2.45, 2.75) is 25.4 Å². The van der Waals surface area contributed by atoms with Crippen molar-refractivity contribution in [2.24, 2.45) is 0 Å². The predicted octanol–water partition coefficient (Wildman–Crippen LogP) is 1.41. The van der Waals surface area contributed by atoms with Crippen LogP contribution in [0.2, 0.25) is 0 Å². The van der Waals surface area contributed by atoms with Crippen LogP contribution in [-0.2, 0) is 4.74 Å². The number of nitrogens with one attached hydrogen (secondary N) is 1. The number of hydrogen-bond acceptors (Lipinski definition) is 6. The third-order valence-corrected chi connectivity index (χ3v) is 4.24. The van der Waals surface area contributed by atoms with Gasteiger partial charge in [-0.1, -0.05) is 11.3 Å². The van der Waals surface area contributed by atoms with Crippen LogP contribution in [0.15, 0.2) is 0 Å². The second-order valence-corrected chi connectivity index (χ2v) is 5.66. The maximum atomic E-state index is 12.3. The molecule has 1 amide bonds. The van der Waals surface area contributed by atoms with E-state index in [9.17, 15) is 4.79 Å². The van der Waals surface area contributed by atoms with Gasteiger partial charge < -0.3 is 20.7 Å². The summed E-state index contributed by atoms with van der Waals surface area (Å²) in [7, 11) is 3.53. The number of rotatable bonds is 4. The highest BCUT2D eigenvalue weighted by molar-refractivity contribution is 7.18. The van der Waals surface area contributed by atoms with Crippen molar-refractivity contribution in [1.82, 2.24) is 9.88 Å². The van der Waals surface area contributed by atoms with Crippen molar-refractivity contribution in [3.05, 3.63) is 4.88 Å². The zero-order valence-corrected chi connectivity index (χ0v) is 12.1. The van der Waals surface area contributed by atoms with Gasteiger partial charge in [-0.2, -0.15) is 0 Å². The molecule has 0 radical (unpaired) electrons. The average molecular weight is 284 g/mol. The number of amides is 1. The third-order valence-electron chi connectivity index (χ3n) is 3.16. The fourth-order valence-corrected chi connectivity index (χ4v) is 2.94. The lowest BCUT2D eigenvalue weighted by molar-refractivity contribution is -0.0000881. The van der Waals surface area contributed by atoms with Gasteiger partial charge >= 0.3 is 0 Å². The molecule has 19 heavy (non-hydrogen) atoms. The molecule has 2 heterocycles. The van der Waals surface area contributed by atoms with E-state index in [0.717, 1.165) is 19.4 Å². The maximum Gasteiger partial charge on any atom is 0.267 e. The molecule has 1 aromatic heterocycles. The number of likely N-dealkylation sites (N-methyl/N-ethyl adjacent to an activating group) is 1. The smallest absolute Gasteiger partial charge is 0.267 e. The van der Waals surface area contributed by atoms with Gasteiger partial charge in [-0.3, -0.25) is 4.79 Å². The molecule has 1 fully saturated rings. The van der Waals surface area contributed by atoms with Gasteiger partial charge in [-0.15, -0.1) is 0 Å². The predicted molar refractivity (Wildman–Crippen MR) is 76.6 cm³/mol. The van der Waals surface area contributed by atoms with Crippen LogP contribution < -0.4 is 11.1 Å². The normalized spacial score (nSPS) is 19.2. The van der Waals surface area contributed by atoms with Crippen molar-refractivity contribution >= 4 is 28.2 Å². The molecule has 1 atom stereocenters. The quantitative estimate of drug-likeness (QED) is 0.873. The van der Waals surface area contributed by atoms with Crippen LogP contribution in [0.5, 0.6) is 0 Å². The zero-order chi connectivity index (χ0) is 13.8. The monoisotopic (exact) mass is 284 g/mol. The van der Waals surface area contributed by atoms with Gasteiger partial charge in [-0.05, 0) is 19.3 Å². The van der Waals surface area contributed by atoms with E-state index in [-0.39, 0.29) is 17.8 Å². The van der Waals surface area contributed by atoms with Gasteiger partial charge in [0.2, 0.25) is 0 Å². The first-order valence-corrected chi connectivity index (χ1v) is 7.24. The minimum atomic E-state index is -0.0920. The minimum absolute atomic E-state index is 0.0920. The van der Waals surface area contributed by atoms with Crippen molar-refractivity contribution in [2.75, 3.05) is 38.3 Å². The average Bonchev–Trinajstić information content (AvgIpc) is 2.80. The van der Waals surface area contributed by atoms with Crippen LogP contribution in [0, 0.1) is 0 Å². The lowest BCUT2D eigenvalue weighted by Crippen LogP contribution is -2.37. The Morgan fingerprint density at radius 2 is 2.42 bits per heavy atom. The Bertz CT molecular complexity index is 443. The third kappa shape index (κ3) is 3.36. The zero-order valence-electron chi connectivity index (χ0n) is 11.3. The highest BCUT2D eigenvalue weighted by Gasteiger charge is 2.23. The van der Waals surface area contributed by atoms with E-state index in [4.69, 9.17) is 10.5 Å². The molecule has 0 saturated carbocycles. The highest BCUT2D eigenvalue weighted by Crippen LogP contribution is 2.26. The topological polar surface area (TPSA) is 80.5 Å². The van der Waals surface area contributed by atoms with E-state index in [0.29, 0.717) is 16.6 Å². The Morgan fingerprint density at radius 1 is 1.63 bits per heavy atom. The van der Waals surface area contributed by atoms with E-state index in [1.54, 1.807) is 19.0 Å². The Morgan fingerprint density at radius 3 is 3.00 bits per heavy atom. The highest BCUT2D eigenvalue weighted by atomic mass is 32.1. The summed E-state index contributed by atoms with van der Waals surface area (Å²) in [6, 6.07) is 0. The molecule has 0 aliphatic carbocycles. The van der Waals surface area contributed by atoms with E-state index in [1.807, 2.05) is 0 Å². The van der Waals surface area contributed by atoms with Crippen LogP contribution >= 0.6 is 11.3 Å². The van der Waals surface area contributed by atoms with Crippen molar-refractivity contribution < 1.29 is 9.53 Å². The molecule has 1 aliphatic rings. The molecule has 1 aromatic rings. The van der Waals surface area contributed by atoms with Crippen molar-refractivity contribution in [3.8, 4) is 0 Å². The Hall–Kier alpha value is -1.34. The molecule has 7 heteroatoms. The summed E-state index contributed by atoms with van der Waals surface area (Å²) in [6.45, 7) is 1.39. The molecular formula is C12H20N4O2S. The molecule has 0 aromatic carbocycles. The van der Waals surface area contributed by atoms with Crippen LogP contribution in [0.25, 0.3) is 0 Å². The van der Waals surface area contributed by atoms with E-state index >= 15 is 0 Å². The number of carbonyl (C=O) groups excluding carboxylic acids is 1. The lowest BCUT2D eigenvalue weighted by Gasteiger charge is -2.27. The summed E-state index contributed by atoms with van der Waals surface area (Å²) >= 11 is 1.28. The van der Waals surface area contributed by atoms with Gasteiger partial charge in [-0.25, -0.2) is 4.98 Å². The maximum absolute atomic E-state index is 12.3. The second-order valence-electron chi connectivity index (χ2n) is 4.66. The van der Waals surface area contributed by atoms with Crippen molar-refractivity contribution in [1.29, 1.82) is 0 Å². The lowest BCUT2D eigenvalue weighted by atomic mass is 10.1. The van der Waals surface area contributed by atoms with Gasteiger partial charge in [0.05, 0.1) is 6.10 Å². The van der Waals surface area contributed by atoms with Gasteiger partial charge in [0.25, 0.3) is 5.91 Å². The molecule has 106 valence electrons. The van der Waals surface area contributed by atoms with E-state index in [2.05, 4.69) is 10.3 Å². The number of anilines is 2. The number of carbonyl (C=O) groups is 1. The minimum Gasteiger partial charge on any atom is -0.382 e. The molecule has 6 nitrogen and oxygen atoms in total. The van der Waals surface area contributed by atoms with E-state index in [1.165, 1.54) is 17.8 Å². The Balaban J connectivity index is 1.99. The first kappa shape index (κ1) is 14.1. The van der Waals surface area contributed by atoms with Gasteiger partial charge in [0.1, 0.15) is 10.7 Å². The number of thiazole rings is 1. The molecule has 3 N–H and O–H groups in total. The molecule has 1 unspecified atom stereocenters. The fourth-order valence-electron chi connectivity index (χ4n) is 2.11. The first-order valence-electron chi connectivity index (χ1n) is 6.43. The van der Waals surface area contributed by atoms with Crippen LogP contribution in [0.3, 0.4) is 0 Å². The number of nitrogen functional groups attached to an aromatic ring is 1. The van der Waals surface area contributed by atoms with Crippen LogP contribution in [0.1, 0.15) is 28.9 Å². The molecule has 0 spiro atoms. The number of nitrogens with zero attached hydrogens (tertiary/aromatic N) is 2. The number of hydrogen-bond donors (Lipinski definition) is 2. The standard InChI is InChI=1S/C12H20N4O2S/c1-14-12-15-10(13)9(19-12)11(17)16(2)7-8-5-3-4-6-18-8/h8H,3-7,13H2,1-2H3,(H,14,15). The molecular weight excluding hydrogens is 264 g/mol. The number of aromatic nitrogens is 1. The molecule has 1 saturated heterocycles. The fraction of sp³-hybridized carbons (Fsp3) is 0.667. The number of ether oxygens (including phenoxy) is 1. The SMILES string of the molecule is CNc1nc(N)c(C(=O)N(C)CC2CCCCO2)s1. The Labute approximate surface area is 116 Å². The summed E-state index contributed by atoms with van der Waals surface area (Å²) in [4.78, 5) is 18.5. The van der Waals surface area contributed by atoms with Gasteiger partial charge in [0.15, 0.2) is 5.13 Å². The molecule has 0 bridgehead atoms. The van der Waals surface area contributed by atoms with Gasteiger partial charge in [0, 0.05) is 27.2 Å². The van der Waals surface area contributed by atoms with Crippen LogP contribution in [-0.4, -0.2) is 49.1 Å². The summed E-state index contributed by atoms with van der Waals surface area (Å²) < 4.78 is 5.64. The van der Waals surface area contributed by atoms with E-state index < -0.39 is 0 Å². The summed E-state index contributed by atoms with van der Waals surface area (Å²) in [5.41, 5.74) is 5.77. The molecule has 1 aliphatic heterocycles. The second kappa shape index (κ2) is 6.21. The Kier molecular flexibility index (Phi) is 4.60. The summed E-state index contributed by atoms with van der Waals surface area (Å²) in [5.74, 6) is 0.196. The van der Waals surface area contributed by atoms with Crippen molar-refractivity contribution in [3.63, 3.8) is 0 Å². The van der Waals surface area contributed by atoms with Crippen LogP contribution in [0.4, 0.5) is 10.9 Å². The number of nitrogens with two attached hydrogens (primary N) is 1. The molecule has 2 rings (SSSR count). The largest absolute Gasteiger partial charge is 0.382 e. The summed E-state index contributed by atoms with van der Waals surface area (Å²) in [5, 5.41) is 3.55. The first-order chi connectivity index (χ1) is 9.11.